The second-order valence-corrected chi connectivity index (χ2v) is 12.6. The molecule has 9 aromatic rings. The zero-order chi connectivity index (χ0) is 29.7. The van der Waals surface area contributed by atoms with Crippen LogP contribution in [0.3, 0.4) is 0 Å². The second kappa shape index (κ2) is 10.6. The van der Waals surface area contributed by atoms with Crippen LogP contribution in [0.25, 0.3) is 86.4 Å². The fourth-order valence-electron chi connectivity index (χ4n) is 6.74. The van der Waals surface area contributed by atoms with Gasteiger partial charge in [0.05, 0.1) is 5.52 Å². The molecule has 0 amide bonds. The van der Waals surface area contributed by atoms with E-state index < -0.39 is 0 Å². The minimum Gasteiger partial charge on any atom is -0.256 e. The largest absolute Gasteiger partial charge is 0.256 e. The second-order valence-electron chi connectivity index (χ2n) is 11.6. The molecule has 2 aromatic heterocycles. The summed E-state index contributed by atoms with van der Waals surface area (Å²) >= 11 is 1.88. The third-order valence-electron chi connectivity index (χ3n) is 8.90. The molecule has 210 valence electrons. The molecule has 0 aliphatic rings. The molecule has 0 N–H and O–H groups in total. The van der Waals surface area contributed by atoms with Gasteiger partial charge in [-0.1, -0.05) is 127 Å². The molecule has 2 heterocycles. The van der Waals surface area contributed by atoms with Crippen molar-refractivity contribution in [2.75, 3.05) is 0 Å². The molecule has 0 saturated carbocycles. The minimum atomic E-state index is 1.05. The SMILES string of the molecule is c1cc(-c2cccc(-c3cccc4c3sc3ccccc34)c2)cc(-c2cccc(-c3cccc4ccc5cccnc5c34)c2)c1. The molecule has 0 atom stereocenters. The Morgan fingerprint density at radius 3 is 1.73 bits per heavy atom. The van der Waals surface area contributed by atoms with Crippen LogP contribution in [-0.2, 0) is 0 Å². The van der Waals surface area contributed by atoms with Crippen molar-refractivity contribution in [3.63, 3.8) is 0 Å². The number of hydrogen-bond acceptors (Lipinski definition) is 2. The molecular weight excluding hydrogens is 563 g/mol. The van der Waals surface area contributed by atoms with Gasteiger partial charge in [-0.15, -0.1) is 11.3 Å². The van der Waals surface area contributed by atoms with E-state index in [-0.39, 0.29) is 0 Å². The summed E-state index contributed by atoms with van der Waals surface area (Å²) in [6.07, 6.45) is 1.89. The first-order valence-corrected chi connectivity index (χ1v) is 16.1. The van der Waals surface area contributed by atoms with E-state index in [1.165, 1.54) is 75.5 Å². The molecular formula is C43H27NS. The van der Waals surface area contributed by atoms with E-state index in [0.717, 1.165) is 10.9 Å². The summed E-state index contributed by atoms with van der Waals surface area (Å²) in [6.45, 7) is 0. The highest BCUT2D eigenvalue weighted by Crippen LogP contribution is 2.41. The molecule has 0 radical (unpaired) electrons. The topological polar surface area (TPSA) is 12.9 Å². The summed E-state index contributed by atoms with van der Waals surface area (Å²) < 4.78 is 2.68. The third-order valence-corrected chi connectivity index (χ3v) is 10.1. The van der Waals surface area contributed by atoms with Crippen molar-refractivity contribution in [3.05, 3.63) is 164 Å². The molecule has 0 unspecified atom stereocenters. The van der Waals surface area contributed by atoms with Crippen LogP contribution >= 0.6 is 11.3 Å². The maximum Gasteiger partial charge on any atom is 0.0786 e. The predicted molar refractivity (Wildman–Crippen MR) is 194 cm³/mol. The smallest absolute Gasteiger partial charge is 0.0786 e. The van der Waals surface area contributed by atoms with Crippen LogP contribution in [0.5, 0.6) is 0 Å². The summed E-state index contributed by atoms with van der Waals surface area (Å²) in [5.74, 6) is 0. The Labute approximate surface area is 265 Å². The molecule has 1 nitrogen and oxygen atoms in total. The van der Waals surface area contributed by atoms with Crippen molar-refractivity contribution in [2.24, 2.45) is 0 Å². The van der Waals surface area contributed by atoms with Crippen LogP contribution < -0.4 is 0 Å². The summed E-state index contributed by atoms with van der Waals surface area (Å²) in [4.78, 5) is 4.78. The third kappa shape index (κ3) is 4.42. The Morgan fingerprint density at radius 2 is 0.956 bits per heavy atom. The molecule has 0 fully saturated rings. The molecule has 9 rings (SSSR count). The quantitative estimate of drug-likeness (QED) is 0.186. The summed E-state index contributed by atoms with van der Waals surface area (Å²) in [6, 6.07) is 57.2. The average molecular weight is 590 g/mol. The van der Waals surface area contributed by atoms with E-state index >= 15 is 0 Å². The standard InChI is InChI=1S/C43H27NS/c1-2-21-40-38(17-1)39-20-7-19-37(43(39)45-40)35-15-5-13-33(27-35)31-11-3-10-30(25-31)32-12-4-14-34(26-32)36-18-6-9-28-22-23-29-16-8-24-44-42(29)41(28)36/h1-27H. The summed E-state index contributed by atoms with van der Waals surface area (Å²) in [7, 11) is 0. The fraction of sp³-hybridized carbons (Fsp3) is 0. The number of rotatable bonds is 4. The summed E-state index contributed by atoms with van der Waals surface area (Å²) in [5.41, 5.74) is 10.8. The van der Waals surface area contributed by atoms with Gasteiger partial charge in [0.2, 0.25) is 0 Å². The molecule has 0 saturated heterocycles. The van der Waals surface area contributed by atoms with Crippen LogP contribution in [0.15, 0.2) is 164 Å². The molecule has 0 aliphatic heterocycles. The average Bonchev–Trinajstić information content (AvgIpc) is 3.50. The van der Waals surface area contributed by atoms with E-state index in [4.69, 9.17) is 4.98 Å². The lowest BCUT2D eigenvalue weighted by atomic mass is 9.92. The van der Waals surface area contributed by atoms with Crippen molar-refractivity contribution < 1.29 is 0 Å². The molecule has 7 aromatic carbocycles. The molecule has 2 heteroatoms. The molecule has 0 spiro atoms. The minimum absolute atomic E-state index is 1.05. The van der Waals surface area contributed by atoms with Gasteiger partial charge in [0.25, 0.3) is 0 Å². The number of aromatic nitrogens is 1. The van der Waals surface area contributed by atoms with Crippen molar-refractivity contribution in [1.29, 1.82) is 0 Å². The Bertz CT molecular complexity index is 2560. The Morgan fingerprint density at radius 1 is 0.400 bits per heavy atom. The lowest BCUT2D eigenvalue weighted by Gasteiger charge is -2.12. The highest BCUT2D eigenvalue weighted by molar-refractivity contribution is 7.26. The van der Waals surface area contributed by atoms with Gasteiger partial charge in [0.1, 0.15) is 0 Å². The zero-order valence-corrected chi connectivity index (χ0v) is 25.3. The van der Waals surface area contributed by atoms with Crippen molar-refractivity contribution in [3.8, 4) is 44.5 Å². The van der Waals surface area contributed by atoms with Crippen LogP contribution in [0.2, 0.25) is 0 Å². The first-order chi connectivity index (χ1) is 22.3. The van der Waals surface area contributed by atoms with Gasteiger partial charge in [-0.3, -0.25) is 4.98 Å². The van der Waals surface area contributed by atoms with E-state index in [9.17, 15) is 0 Å². The number of benzene rings is 7. The highest BCUT2D eigenvalue weighted by atomic mass is 32.1. The van der Waals surface area contributed by atoms with E-state index in [1.54, 1.807) is 0 Å². The number of thiophene rings is 1. The number of fused-ring (bicyclic) bond motifs is 6. The van der Waals surface area contributed by atoms with E-state index in [2.05, 4.69) is 152 Å². The monoisotopic (exact) mass is 589 g/mol. The van der Waals surface area contributed by atoms with Gasteiger partial charge in [-0.25, -0.2) is 0 Å². The lowest BCUT2D eigenvalue weighted by molar-refractivity contribution is 1.43. The van der Waals surface area contributed by atoms with Gasteiger partial charge in [0, 0.05) is 37.1 Å². The highest BCUT2D eigenvalue weighted by Gasteiger charge is 2.13. The molecule has 0 bridgehead atoms. The van der Waals surface area contributed by atoms with Gasteiger partial charge in [-0.05, 0) is 80.2 Å². The normalized spacial score (nSPS) is 11.6. The van der Waals surface area contributed by atoms with Gasteiger partial charge in [0.15, 0.2) is 0 Å². The Balaban J connectivity index is 1.12. The predicted octanol–water partition coefficient (Wildman–Crippen LogP) is 12.4. The van der Waals surface area contributed by atoms with Crippen LogP contribution in [0.4, 0.5) is 0 Å². The zero-order valence-electron chi connectivity index (χ0n) is 24.4. The van der Waals surface area contributed by atoms with Gasteiger partial charge >= 0.3 is 0 Å². The lowest BCUT2D eigenvalue weighted by Crippen LogP contribution is -1.87. The maximum absolute atomic E-state index is 4.78. The molecule has 0 aliphatic carbocycles. The van der Waals surface area contributed by atoms with Crippen molar-refractivity contribution >= 4 is 53.2 Å². The van der Waals surface area contributed by atoms with Gasteiger partial charge in [-0.2, -0.15) is 0 Å². The fourth-order valence-corrected chi connectivity index (χ4v) is 7.98. The van der Waals surface area contributed by atoms with E-state index in [0.29, 0.717) is 0 Å². The van der Waals surface area contributed by atoms with Crippen LogP contribution in [0.1, 0.15) is 0 Å². The Kier molecular flexibility index (Phi) is 6.07. The number of hydrogen-bond donors (Lipinski definition) is 0. The maximum atomic E-state index is 4.78. The molecule has 45 heavy (non-hydrogen) atoms. The van der Waals surface area contributed by atoms with E-state index in [1.807, 2.05) is 23.6 Å². The number of pyridine rings is 1. The van der Waals surface area contributed by atoms with Crippen LogP contribution in [-0.4, -0.2) is 4.98 Å². The van der Waals surface area contributed by atoms with Gasteiger partial charge < -0.3 is 0 Å². The van der Waals surface area contributed by atoms with Crippen LogP contribution in [0, 0.1) is 0 Å². The first-order valence-electron chi connectivity index (χ1n) is 15.3. The first kappa shape index (κ1) is 25.9. The van der Waals surface area contributed by atoms with Crippen molar-refractivity contribution in [1.82, 2.24) is 4.98 Å². The Hall–Kier alpha value is -5.57. The van der Waals surface area contributed by atoms with Crippen molar-refractivity contribution in [2.45, 2.75) is 0 Å². The number of nitrogens with zero attached hydrogens (tertiary/aromatic N) is 1. The summed E-state index contributed by atoms with van der Waals surface area (Å²) in [5, 5.41) is 6.23.